The van der Waals surface area contributed by atoms with Crippen LogP contribution in [0.5, 0.6) is 5.75 Å². The van der Waals surface area contributed by atoms with Crippen LogP contribution >= 0.6 is 11.6 Å². The Morgan fingerprint density at radius 3 is 2.67 bits per heavy atom. The minimum atomic E-state index is -0.755. The van der Waals surface area contributed by atoms with Gasteiger partial charge in [-0.3, -0.25) is 0 Å². The highest BCUT2D eigenvalue weighted by atomic mass is 35.5. The predicted molar refractivity (Wildman–Crippen MR) is 95.9 cm³/mol. The van der Waals surface area contributed by atoms with Gasteiger partial charge in [-0.2, -0.15) is 0 Å². The quantitative estimate of drug-likeness (QED) is 0.576. The summed E-state index contributed by atoms with van der Waals surface area (Å²) in [5, 5.41) is 8.34. The zero-order valence-electron chi connectivity index (χ0n) is 14.6. The summed E-state index contributed by atoms with van der Waals surface area (Å²) in [5.41, 5.74) is 1.37. The number of ether oxygens (including phenoxy) is 2. The number of nitrogens with zero attached hydrogens (tertiary/aromatic N) is 2. The van der Waals surface area contributed by atoms with Gasteiger partial charge in [0.05, 0.1) is 0 Å². The van der Waals surface area contributed by atoms with Gasteiger partial charge < -0.3 is 13.9 Å². The van der Waals surface area contributed by atoms with E-state index in [9.17, 15) is 9.18 Å². The van der Waals surface area contributed by atoms with E-state index < -0.39 is 12.1 Å². The Hall–Kier alpha value is -2.93. The van der Waals surface area contributed by atoms with Crippen LogP contribution in [0.15, 0.2) is 46.9 Å². The van der Waals surface area contributed by atoms with E-state index in [-0.39, 0.29) is 24.2 Å². The number of carbonyl (C=O) groups excluding carboxylic acids is 1. The molecule has 1 heterocycles. The average molecular weight is 391 g/mol. The smallest absolute Gasteiger partial charge is 0.344 e. The number of hydrogen-bond donors (Lipinski definition) is 0. The van der Waals surface area contributed by atoms with E-state index in [4.69, 9.17) is 25.5 Å². The summed E-state index contributed by atoms with van der Waals surface area (Å²) >= 11 is 5.88. The Morgan fingerprint density at radius 1 is 1.22 bits per heavy atom. The fraction of sp³-hybridized carbons (Fsp3) is 0.211. The van der Waals surface area contributed by atoms with Gasteiger partial charge in [0.2, 0.25) is 5.89 Å². The molecule has 0 spiro atoms. The molecule has 8 heteroatoms. The number of esters is 1. The van der Waals surface area contributed by atoms with Crippen molar-refractivity contribution >= 4 is 17.6 Å². The maximum Gasteiger partial charge on any atom is 0.344 e. The molecule has 0 fully saturated rings. The third kappa shape index (κ3) is 4.83. The molecule has 0 N–H and O–H groups in total. The minimum absolute atomic E-state index is 0.130. The number of aromatic nitrogens is 2. The second-order valence-electron chi connectivity index (χ2n) is 5.78. The van der Waals surface area contributed by atoms with Crippen LogP contribution in [0.4, 0.5) is 4.39 Å². The van der Waals surface area contributed by atoms with Crippen LogP contribution in [0.25, 0.3) is 11.5 Å². The Bertz CT molecular complexity index is 943. The lowest BCUT2D eigenvalue weighted by Gasteiger charge is -2.11. The van der Waals surface area contributed by atoms with E-state index in [1.807, 2.05) is 6.92 Å². The van der Waals surface area contributed by atoms with Gasteiger partial charge in [-0.25, -0.2) is 9.18 Å². The molecule has 1 atom stereocenters. The Kier molecular flexibility index (Phi) is 5.71. The molecule has 0 saturated heterocycles. The molecule has 2 aromatic carbocycles. The Morgan fingerprint density at radius 2 is 1.96 bits per heavy atom. The first-order valence-corrected chi connectivity index (χ1v) is 8.48. The molecule has 27 heavy (non-hydrogen) atoms. The lowest BCUT2D eigenvalue weighted by molar-refractivity contribution is -0.152. The first kappa shape index (κ1) is 18.8. The summed E-state index contributed by atoms with van der Waals surface area (Å²) in [4.78, 5) is 12.0. The molecule has 1 aromatic heterocycles. The highest BCUT2D eigenvalue weighted by Gasteiger charge is 2.19. The van der Waals surface area contributed by atoms with E-state index >= 15 is 0 Å². The number of hydrogen-bond acceptors (Lipinski definition) is 6. The Balaban J connectivity index is 1.57. The van der Waals surface area contributed by atoms with Crippen molar-refractivity contribution in [2.75, 3.05) is 6.61 Å². The first-order valence-electron chi connectivity index (χ1n) is 8.10. The second-order valence-corrected chi connectivity index (χ2v) is 6.22. The average Bonchev–Trinajstić information content (AvgIpc) is 3.12. The summed E-state index contributed by atoms with van der Waals surface area (Å²) in [5.74, 6) is -0.0678. The van der Waals surface area contributed by atoms with Gasteiger partial charge in [-0.15, -0.1) is 10.2 Å². The molecule has 0 amide bonds. The lowest BCUT2D eigenvalue weighted by Crippen LogP contribution is -2.17. The van der Waals surface area contributed by atoms with E-state index in [1.165, 1.54) is 24.3 Å². The molecule has 0 aliphatic carbocycles. The number of aryl methyl sites for hydroxylation is 1. The molecular formula is C19H16ClFN2O4. The molecule has 0 bridgehead atoms. The largest absolute Gasteiger partial charge is 0.482 e. The van der Waals surface area contributed by atoms with Crippen molar-refractivity contribution in [1.82, 2.24) is 10.2 Å². The summed E-state index contributed by atoms with van der Waals surface area (Å²) < 4.78 is 29.2. The number of carbonyl (C=O) groups is 1. The van der Waals surface area contributed by atoms with Crippen molar-refractivity contribution in [3.8, 4) is 17.2 Å². The van der Waals surface area contributed by atoms with Gasteiger partial charge in [0.15, 0.2) is 12.7 Å². The van der Waals surface area contributed by atoms with Gasteiger partial charge in [0.1, 0.15) is 11.6 Å². The fourth-order valence-electron chi connectivity index (χ4n) is 2.30. The number of benzene rings is 2. The normalized spacial score (nSPS) is 11.9. The summed E-state index contributed by atoms with van der Waals surface area (Å²) in [7, 11) is 0. The third-order valence-electron chi connectivity index (χ3n) is 3.67. The maximum atomic E-state index is 13.0. The summed E-state index contributed by atoms with van der Waals surface area (Å²) in [6.07, 6.45) is -0.755. The highest BCUT2D eigenvalue weighted by Crippen LogP contribution is 2.24. The summed E-state index contributed by atoms with van der Waals surface area (Å²) in [6.45, 7) is 3.16. The van der Waals surface area contributed by atoms with Crippen molar-refractivity contribution in [1.29, 1.82) is 0 Å². The van der Waals surface area contributed by atoms with Crippen LogP contribution in [-0.4, -0.2) is 22.8 Å². The van der Waals surface area contributed by atoms with Crippen LogP contribution < -0.4 is 4.74 Å². The molecule has 0 unspecified atom stereocenters. The van der Waals surface area contributed by atoms with E-state index in [2.05, 4.69) is 10.2 Å². The predicted octanol–water partition coefficient (Wildman–Crippen LogP) is 4.52. The van der Waals surface area contributed by atoms with Gasteiger partial charge in [-0.1, -0.05) is 11.6 Å². The van der Waals surface area contributed by atoms with E-state index in [0.717, 1.165) is 5.56 Å². The zero-order chi connectivity index (χ0) is 19.4. The summed E-state index contributed by atoms with van der Waals surface area (Å²) in [6, 6.07) is 10.7. The molecule has 3 rings (SSSR count). The molecule has 0 aliphatic rings. The third-order valence-corrected chi connectivity index (χ3v) is 3.91. The molecule has 0 radical (unpaired) electrons. The van der Waals surface area contributed by atoms with E-state index in [1.54, 1.807) is 25.1 Å². The number of rotatable bonds is 6. The topological polar surface area (TPSA) is 74.5 Å². The minimum Gasteiger partial charge on any atom is -0.482 e. The molecule has 0 saturated carbocycles. The second kappa shape index (κ2) is 8.18. The van der Waals surface area contributed by atoms with Crippen LogP contribution in [-0.2, 0) is 9.53 Å². The van der Waals surface area contributed by atoms with Crippen molar-refractivity contribution in [2.24, 2.45) is 0 Å². The van der Waals surface area contributed by atoms with Gasteiger partial charge in [0.25, 0.3) is 5.89 Å². The van der Waals surface area contributed by atoms with Crippen molar-refractivity contribution in [3.05, 3.63) is 64.8 Å². The first-order chi connectivity index (χ1) is 12.9. The molecule has 6 nitrogen and oxygen atoms in total. The standard InChI is InChI=1S/C19H16ClFN2O4/c1-11-9-14(20)5-8-16(11)25-10-17(24)26-12(2)18-22-23-19(27-18)13-3-6-15(21)7-4-13/h3-9,12H,10H2,1-2H3/t12-/m0/s1. The van der Waals surface area contributed by atoms with Crippen LogP contribution in [0.3, 0.4) is 0 Å². The fourth-order valence-corrected chi connectivity index (χ4v) is 2.53. The van der Waals surface area contributed by atoms with Gasteiger partial charge in [-0.05, 0) is 61.9 Å². The Labute approximate surface area is 159 Å². The van der Waals surface area contributed by atoms with Crippen molar-refractivity contribution in [3.63, 3.8) is 0 Å². The van der Waals surface area contributed by atoms with Crippen molar-refractivity contribution < 1.29 is 23.1 Å². The number of halogens is 2. The van der Waals surface area contributed by atoms with Crippen molar-refractivity contribution in [2.45, 2.75) is 20.0 Å². The molecule has 3 aromatic rings. The van der Waals surface area contributed by atoms with E-state index in [0.29, 0.717) is 16.3 Å². The molecule has 0 aliphatic heterocycles. The lowest BCUT2D eigenvalue weighted by atomic mass is 10.2. The zero-order valence-corrected chi connectivity index (χ0v) is 15.4. The van der Waals surface area contributed by atoms with Crippen LogP contribution in [0.2, 0.25) is 5.02 Å². The maximum absolute atomic E-state index is 13.0. The monoisotopic (exact) mass is 390 g/mol. The van der Waals surface area contributed by atoms with Crippen LogP contribution in [0, 0.1) is 12.7 Å². The SMILES string of the molecule is Cc1cc(Cl)ccc1OCC(=O)O[C@@H](C)c1nnc(-c2ccc(F)cc2)o1. The van der Waals surface area contributed by atoms with Gasteiger partial charge >= 0.3 is 5.97 Å². The van der Waals surface area contributed by atoms with Gasteiger partial charge in [0, 0.05) is 10.6 Å². The molecule has 140 valence electrons. The molecular weight excluding hydrogens is 375 g/mol. The van der Waals surface area contributed by atoms with Crippen LogP contribution in [0.1, 0.15) is 24.5 Å². The highest BCUT2D eigenvalue weighted by molar-refractivity contribution is 6.30.